The molecule has 0 bridgehead atoms. The first-order valence-electron chi connectivity index (χ1n) is 14.1. The maximum absolute atomic E-state index is 13.3. The number of nitrogens with zero attached hydrogens (tertiary/aromatic N) is 1. The van der Waals surface area contributed by atoms with Crippen LogP contribution in [0.4, 0.5) is 0 Å². The van der Waals surface area contributed by atoms with Crippen LogP contribution in [0.1, 0.15) is 19.3 Å². The van der Waals surface area contributed by atoms with Gasteiger partial charge in [0.1, 0.15) is 18.5 Å². The Labute approximate surface area is 247 Å². The SMILES string of the molecule is NCCNS(=O)(=O)c1cccc(OC[C@@H](O)CNC2COC3(CCN(S(=O)(=O)c4ccc5ccccc5c4)CC3)C2)c1. The van der Waals surface area contributed by atoms with Crippen LogP contribution >= 0.6 is 0 Å². The monoisotopic (exact) mass is 618 g/mol. The quantitative estimate of drug-likeness (QED) is 0.235. The van der Waals surface area contributed by atoms with Crippen molar-refractivity contribution in [2.45, 2.75) is 46.8 Å². The van der Waals surface area contributed by atoms with E-state index >= 15 is 0 Å². The highest BCUT2D eigenvalue weighted by atomic mass is 32.2. The second-order valence-corrected chi connectivity index (χ2v) is 14.5. The predicted octanol–water partition coefficient (Wildman–Crippen LogP) is 1.42. The van der Waals surface area contributed by atoms with E-state index in [0.717, 1.165) is 17.2 Å². The minimum absolute atomic E-state index is 0.0189. The fraction of sp³-hybridized carbons (Fsp3) is 0.448. The van der Waals surface area contributed by atoms with Crippen molar-refractivity contribution in [3.05, 3.63) is 66.7 Å². The Balaban J connectivity index is 1.08. The van der Waals surface area contributed by atoms with Gasteiger partial charge in [-0.25, -0.2) is 21.6 Å². The van der Waals surface area contributed by atoms with E-state index < -0.39 is 31.8 Å². The summed E-state index contributed by atoms with van der Waals surface area (Å²) in [6.07, 6.45) is 1.10. The van der Waals surface area contributed by atoms with Gasteiger partial charge in [0.15, 0.2) is 0 Å². The Bertz CT molecular complexity index is 1590. The summed E-state index contributed by atoms with van der Waals surface area (Å²) in [5.41, 5.74) is 4.99. The van der Waals surface area contributed by atoms with E-state index in [-0.39, 0.29) is 37.2 Å². The Morgan fingerprint density at radius 1 is 1.00 bits per heavy atom. The zero-order valence-electron chi connectivity index (χ0n) is 23.3. The van der Waals surface area contributed by atoms with Gasteiger partial charge in [-0.15, -0.1) is 0 Å². The van der Waals surface area contributed by atoms with Crippen LogP contribution in [0.3, 0.4) is 0 Å². The summed E-state index contributed by atoms with van der Waals surface area (Å²) in [6, 6.07) is 19.0. The lowest BCUT2D eigenvalue weighted by Gasteiger charge is -2.38. The number of aliphatic hydroxyl groups is 1. The van der Waals surface area contributed by atoms with Gasteiger partial charge in [0.2, 0.25) is 20.0 Å². The molecule has 5 rings (SSSR count). The topological polar surface area (TPSA) is 160 Å². The average molecular weight is 619 g/mol. The molecule has 0 radical (unpaired) electrons. The van der Waals surface area contributed by atoms with Crippen molar-refractivity contribution in [2.75, 3.05) is 45.9 Å². The van der Waals surface area contributed by atoms with Crippen LogP contribution in [0.25, 0.3) is 10.8 Å². The normalized spacial score (nSPS) is 20.2. The molecule has 0 saturated carbocycles. The van der Waals surface area contributed by atoms with E-state index in [2.05, 4.69) is 10.0 Å². The second-order valence-electron chi connectivity index (χ2n) is 10.8. The standard InChI is InChI=1S/C29H38N4O7S2/c30-12-13-32-41(35,36)27-7-3-6-26(17-27)39-21-25(34)19-31-24-18-29(40-20-24)10-14-33(15-11-29)42(37,38)28-9-8-22-4-1-2-5-23(22)16-28/h1-9,16-17,24-25,31-32,34H,10-15,18-21,30H2/t24?,25-/m0/s1. The molecule has 3 aromatic rings. The minimum atomic E-state index is -3.69. The molecule has 0 aliphatic carbocycles. The van der Waals surface area contributed by atoms with Gasteiger partial charge in [-0.1, -0.05) is 36.4 Å². The van der Waals surface area contributed by atoms with Gasteiger partial charge in [-0.05, 0) is 54.3 Å². The van der Waals surface area contributed by atoms with Crippen LogP contribution in [-0.2, 0) is 24.8 Å². The fourth-order valence-electron chi connectivity index (χ4n) is 5.50. The number of nitrogens with two attached hydrogens (primary N) is 1. The predicted molar refractivity (Wildman–Crippen MR) is 159 cm³/mol. The van der Waals surface area contributed by atoms with Crippen LogP contribution in [-0.4, -0.2) is 89.9 Å². The van der Waals surface area contributed by atoms with Crippen LogP contribution < -0.4 is 20.5 Å². The number of sulfonamides is 2. The largest absolute Gasteiger partial charge is 0.491 e. The summed E-state index contributed by atoms with van der Waals surface area (Å²) in [4.78, 5) is 0.363. The molecule has 0 amide bonds. The number of hydrogen-bond donors (Lipinski definition) is 4. The molecular weight excluding hydrogens is 580 g/mol. The Morgan fingerprint density at radius 2 is 1.76 bits per heavy atom. The summed E-state index contributed by atoms with van der Waals surface area (Å²) in [7, 11) is -7.29. The molecule has 1 spiro atoms. The first-order chi connectivity index (χ1) is 20.1. The third kappa shape index (κ3) is 7.12. The lowest BCUT2D eigenvalue weighted by molar-refractivity contribution is -0.0312. The number of ether oxygens (including phenoxy) is 2. The first kappa shape index (κ1) is 30.8. The number of nitrogens with one attached hydrogen (secondary N) is 2. The molecule has 42 heavy (non-hydrogen) atoms. The van der Waals surface area contributed by atoms with Gasteiger partial charge < -0.3 is 25.6 Å². The minimum Gasteiger partial charge on any atom is -0.491 e. The van der Waals surface area contributed by atoms with Crippen LogP contribution in [0.5, 0.6) is 5.75 Å². The summed E-state index contributed by atoms with van der Waals surface area (Å²) < 4.78 is 67.1. The molecule has 2 fully saturated rings. The van der Waals surface area contributed by atoms with Gasteiger partial charge in [0, 0.05) is 44.8 Å². The van der Waals surface area contributed by atoms with Crippen molar-refractivity contribution in [3.8, 4) is 5.75 Å². The number of fused-ring (bicyclic) bond motifs is 1. The molecule has 11 nitrogen and oxygen atoms in total. The highest BCUT2D eigenvalue weighted by Crippen LogP contribution is 2.37. The van der Waals surface area contributed by atoms with Crippen molar-refractivity contribution < 1.29 is 31.4 Å². The van der Waals surface area contributed by atoms with E-state index in [9.17, 15) is 21.9 Å². The van der Waals surface area contributed by atoms with Gasteiger partial charge in [-0.2, -0.15) is 4.31 Å². The van der Waals surface area contributed by atoms with E-state index in [1.165, 1.54) is 12.1 Å². The highest BCUT2D eigenvalue weighted by molar-refractivity contribution is 7.89. The van der Waals surface area contributed by atoms with Crippen LogP contribution in [0.15, 0.2) is 76.5 Å². The molecule has 5 N–H and O–H groups in total. The molecule has 2 aliphatic rings. The molecule has 2 heterocycles. The maximum Gasteiger partial charge on any atom is 0.243 e. The Kier molecular flexibility index (Phi) is 9.50. The average Bonchev–Trinajstić information content (AvgIpc) is 3.40. The summed E-state index contributed by atoms with van der Waals surface area (Å²) in [6.45, 7) is 1.81. The molecule has 1 unspecified atom stereocenters. The van der Waals surface area contributed by atoms with E-state index in [0.29, 0.717) is 43.2 Å². The fourth-order valence-corrected chi connectivity index (χ4v) is 8.06. The Hall–Kier alpha value is -2.62. The van der Waals surface area contributed by atoms with E-state index in [4.69, 9.17) is 15.2 Å². The van der Waals surface area contributed by atoms with Gasteiger partial charge in [0.25, 0.3) is 0 Å². The molecule has 3 aromatic carbocycles. The summed E-state index contributed by atoms with van der Waals surface area (Å²) in [5, 5.41) is 15.7. The third-order valence-electron chi connectivity index (χ3n) is 7.84. The Morgan fingerprint density at radius 3 is 2.52 bits per heavy atom. The molecular formula is C29H38N4O7S2. The van der Waals surface area contributed by atoms with Crippen molar-refractivity contribution in [3.63, 3.8) is 0 Å². The zero-order chi connectivity index (χ0) is 29.8. The van der Waals surface area contributed by atoms with E-state index in [1.54, 1.807) is 28.6 Å². The second kappa shape index (κ2) is 12.9. The zero-order valence-corrected chi connectivity index (χ0v) is 24.9. The third-order valence-corrected chi connectivity index (χ3v) is 11.2. The lowest BCUT2D eigenvalue weighted by Crippen LogP contribution is -2.47. The maximum atomic E-state index is 13.3. The van der Waals surface area contributed by atoms with Gasteiger partial charge >= 0.3 is 0 Å². The van der Waals surface area contributed by atoms with Crippen molar-refractivity contribution in [1.29, 1.82) is 0 Å². The van der Waals surface area contributed by atoms with Crippen molar-refractivity contribution in [2.24, 2.45) is 5.73 Å². The molecule has 228 valence electrons. The molecule has 2 saturated heterocycles. The smallest absolute Gasteiger partial charge is 0.243 e. The molecule has 13 heteroatoms. The first-order valence-corrected chi connectivity index (χ1v) is 17.0. The molecule has 0 aromatic heterocycles. The van der Waals surface area contributed by atoms with Gasteiger partial charge in [-0.3, -0.25) is 0 Å². The highest BCUT2D eigenvalue weighted by Gasteiger charge is 2.44. The van der Waals surface area contributed by atoms with Crippen molar-refractivity contribution >= 4 is 30.8 Å². The molecule has 2 atom stereocenters. The van der Waals surface area contributed by atoms with Crippen LogP contribution in [0, 0.1) is 0 Å². The van der Waals surface area contributed by atoms with Crippen molar-refractivity contribution in [1.82, 2.24) is 14.3 Å². The van der Waals surface area contributed by atoms with Gasteiger partial charge in [0.05, 0.1) is 22.0 Å². The number of benzene rings is 3. The number of rotatable bonds is 12. The van der Waals surface area contributed by atoms with Crippen LogP contribution in [0.2, 0.25) is 0 Å². The number of aliphatic hydroxyl groups excluding tert-OH is 1. The summed E-state index contributed by atoms with van der Waals surface area (Å²) in [5.74, 6) is 0.332. The molecule has 2 aliphatic heterocycles. The number of hydrogen-bond acceptors (Lipinski definition) is 9. The van der Waals surface area contributed by atoms with E-state index in [1.807, 2.05) is 30.3 Å². The number of piperidine rings is 1. The lowest BCUT2D eigenvalue weighted by atomic mass is 9.88. The summed E-state index contributed by atoms with van der Waals surface area (Å²) >= 11 is 0.